The third kappa shape index (κ3) is 1.82. The van der Waals surface area contributed by atoms with Gasteiger partial charge in [0.1, 0.15) is 5.75 Å². The minimum absolute atomic E-state index is 0.000880. The first-order valence-corrected chi connectivity index (χ1v) is 4.03. The van der Waals surface area contributed by atoms with Crippen LogP contribution in [0, 0.1) is 17.0 Å². The minimum Gasteiger partial charge on any atom is -0.496 e. The van der Waals surface area contributed by atoms with Gasteiger partial charge in [0, 0.05) is 11.1 Å². The zero-order valence-electron chi connectivity index (χ0n) is 7.98. The van der Waals surface area contributed by atoms with E-state index in [4.69, 9.17) is 9.84 Å². The molecule has 0 radical (unpaired) electrons. The van der Waals surface area contributed by atoms with E-state index in [0.29, 0.717) is 16.9 Å². The van der Waals surface area contributed by atoms with Crippen LogP contribution in [0.25, 0.3) is 0 Å². The molecule has 1 aromatic rings. The van der Waals surface area contributed by atoms with Gasteiger partial charge in [-0.05, 0) is 13.0 Å². The molecule has 0 amide bonds. The van der Waals surface area contributed by atoms with Crippen LogP contribution in [0.4, 0.5) is 5.69 Å². The number of nitro benzene ring substituents is 1. The fourth-order valence-corrected chi connectivity index (χ4v) is 1.25. The second-order valence-corrected chi connectivity index (χ2v) is 2.87. The average molecular weight is 197 g/mol. The van der Waals surface area contributed by atoms with Crippen LogP contribution in [0.2, 0.25) is 0 Å². The summed E-state index contributed by atoms with van der Waals surface area (Å²) in [6.45, 7) is 1.43. The van der Waals surface area contributed by atoms with Gasteiger partial charge in [0.25, 0.3) is 5.69 Å². The third-order valence-corrected chi connectivity index (χ3v) is 1.97. The zero-order chi connectivity index (χ0) is 10.7. The Balaban J connectivity index is 3.30. The Kier molecular flexibility index (Phi) is 3.03. The average Bonchev–Trinajstić information content (AvgIpc) is 2.16. The Hall–Kier alpha value is -1.62. The van der Waals surface area contributed by atoms with Crippen LogP contribution in [0.15, 0.2) is 12.1 Å². The minimum atomic E-state index is -0.473. The molecule has 0 bridgehead atoms. The summed E-state index contributed by atoms with van der Waals surface area (Å²) in [4.78, 5) is 10.1. The van der Waals surface area contributed by atoms with Crippen LogP contribution in [-0.4, -0.2) is 17.1 Å². The molecule has 0 aliphatic carbocycles. The Morgan fingerprint density at radius 1 is 1.57 bits per heavy atom. The van der Waals surface area contributed by atoms with Crippen molar-refractivity contribution < 1.29 is 14.8 Å². The van der Waals surface area contributed by atoms with Gasteiger partial charge in [-0.15, -0.1) is 0 Å². The molecular formula is C9H11NO4. The summed E-state index contributed by atoms with van der Waals surface area (Å²) in [6, 6.07) is 2.87. The molecule has 5 nitrogen and oxygen atoms in total. The summed E-state index contributed by atoms with van der Waals surface area (Å²) in [5.41, 5.74) is 1.06. The Labute approximate surface area is 81.1 Å². The van der Waals surface area contributed by atoms with Crippen LogP contribution in [-0.2, 0) is 6.61 Å². The van der Waals surface area contributed by atoms with Crippen molar-refractivity contribution >= 4 is 5.69 Å². The van der Waals surface area contributed by atoms with Crippen molar-refractivity contribution in [2.75, 3.05) is 7.11 Å². The highest BCUT2D eigenvalue weighted by Crippen LogP contribution is 2.28. The molecule has 0 unspecified atom stereocenters. The van der Waals surface area contributed by atoms with Gasteiger partial charge in [-0.25, -0.2) is 0 Å². The van der Waals surface area contributed by atoms with Crippen LogP contribution < -0.4 is 4.74 Å². The first-order valence-electron chi connectivity index (χ1n) is 4.03. The van der Waals surface area contributed by atoms with Crippen molar-refractivity contribution in [1.29, 1.82) is 0 Å². The smallest absolute Gasteiger partial charge is 0.276 e. The van der Waals surface area contributed by atoms with Crippen LogP contribution in [0.3, 0.4) is 0 Å². The number of rotatable bonds is 3. The SMILES string of the molecule is COc1cc([N+](=O)[O-])c(C)cc1CO. The monoisotopic (exact) mass is 197 g/mol. The van der Waals surface area contributed by atoms with E-state index < -0.39 is 4.92 Å². The van der Waals surface area contributed by atoms with E-state index in [1.165, 1.54) is 13.2 Å². The molecule has 76 valence electrons. The number of aliphatic hydroxyl groups is 1. The summed E-state index contributed by atoms with van der Waals surface area (Å²) in [5, 5.41) is 19.5. The van der Waals surface area contributed by atoms with Gasteiger partial charge >= 0.3 is 0 Å². The molecule has 0 spiro atoms. The lowest BCUT2D eigenvalue weighted by Crippen LogP contribution is -1.97. The van der Waals surface area contributed by atoms with E-state index >= 15 is 0 Å². The molecule has 0 fully saturated rings. The van der Waals surface area contributed by atoms with E-state index in [2.05, 4.69) is 0 Å². The maximum Gasteiger partial charge on any atom is 0.276 e. The van der Waals surface area contributed by atoms with Crippen molar-refractivity contribution in [3.63, 3.8) is 0 Å². The molecule has 1 rings (SSSR count). The number of aliphatic hydroxyl groups excluding tert-OH is 1. The molecule has 1 N–H and O–H groups in total. The highest BCUT2D eigenvalue weighted by molar-refractivity contribution is 5.49. The predicted octanol–water partition coefficient (Wildman–Crippen LogP) is 1.40. The quantitative estimate of drug-likeness (QED) is 0.587. The van der Waals surface area contributed by atoms with E-state index in [-0.39, 0.29) is 12.3 Å². The number of hydrogen-bond donors (Lipinski definition) is 1. The van der Waals surface area contributed by atoms with Gasteiger partial charge in [0.05, 0.1) is 24.7 Å². The lowest BCUT2D eigenvalue weighted by molar-refractivity contribution is -0.385. The highest BCUT2D eigenvalue weighted by Gasteiger charge is 2.14. The number of nitrogens with zero attached hydrogens (tertiary/aromatic N) is 1. The van der Waals surface area contributed by atoms with Crippen LogP contribution >= 0.6 is 0 Å². The number of benzene rings is 1. The maximum atomic E-state index is 10.6. The molecule has 14 heavy (non-hydrogen) atoms. The first kappa shape index (κ1) is 10.5. The topological polar surface area (TPSA) is 72.6 Å². The summed E-state index contributed by atoms with van der Waals surface area (Å²) < 4.78 is 4.92. The number of hydrogen-bond acceptors (Lipinski definition) is 4. The normalized spacial score (nSPS) is 9.93. The summed E-state index contributed by atoms with van der Waals surface area (Å²) >= 11 is 0. The number of aryl methyl sites for hydroxylation is 1. The Morgan fingerprint density at radius 3 is 2.64 bits per heavy atom. The number of ether oxygens (including phenoxy) is 1. The van der Waals surface area contributed by atoms with E-state index in [9.17, 15) is 10.1 Å². The molecule has 5 heteroatoms. The fraction of sp³-hybridized carbons (Fsp3) is 0.333. The standard InChI is InChI=1S/C9H11NO4/c1-6-3-7(5-11)9(14-2)4-8(6)10(12)13/h3-4,11H,5H2,1-2H3. The Bertz CT molecular complexity index is 362. The van der Waals surface area contributed by atoms with Gasteiger partial charge in [0.15, 0.2) is 0 Å². The van der Waals surface area contributed by atoms with Gasteiger partial charge in [0.2, 0.25) is 0 Å². The van der Waals surface area contributed by atoms with Crippen molar-refractivity contribution in [1.82, 2.24) is 0 Å². The third-order valence-electron chi connectivity index (χ3n) is 1.97. The van der Waals surface area contributed by atoms with Crippen molar-refractivity contribution in [3.8, 4) is 5.75 Å². The van der Waals surface area contributed by atoms with Gasteiger partial charge < -0.3 is 9.84 Å². The second kappa shape index (κ2) is 4.06. The lowest BCUT2D eigenvalue weighted by atomic mass is 10.1. The maximum absolute atomic E-state index is 10.6. The molecule has 1 aromatic carbocycles. The van der Waals surface area contributed by atoms with Gasteiger partial charge in [-0.3, -0.25) is 10.1 Å². The lowest BCUT2D eigenvalue weighted by Gasteiger charge is -2.07. The van der Waals surface area contributed by atoms with Crippen molar-refractivity contribution in [2.45, 2.75) is 13.5 Å². The first-order chi connectivity index (χ1) is 6.60. The molecule has 0 atom stereocenters. The summed E-state index contributed by atoms with van der Waals surface area (Å²) in [5.74, 6) is 0.338. The van der Waals surface area contributed by atoms with E-state index in [1.54, 1.807) is 13.0 Å². The van der Waals surface area contributed by atoms with Crippen LogP contribution in [0.5, 0.6) is 5.75 Å². The summed E-state index contributed by atoms with van der Waals surface area (Å²) in [6.07, 6.45) is 0. The molecule has 0 aliphatic rings. The predicted molar refractivity (Wildman–Crippen MR) is 50.3 cm³/mol. The molecule has 0 aromatic heterocycles. The number of methoxy groups -OCH3 is 1. The van der Waals surface area contributed by atoms with Crippen LogP contribution in [0.1, 0.15) is 11.1 Å². The van der Waals surface area contributed by atoms with Crippen molar-refractivity contribution in [2.24, 2.45) is 0 Å². The highest BCUT2D eigenvalue weighted by atomic mass is 16.6. The molecule has 0 saturated heterocycles. The van der Waals surface area contributed by atoms with Crippen molar-refractivity contribution in [3.05, 3.63) is 33.4 Å². The van der Waals surface area contributed by atoms with Gasteiger partial charge in [-0.2, -0.15) is 0 Å². The van der Waals surface area contributed by atoms with E-state index in [0.717, 1.165) is 0 Å². The zero-order valence-corrected chi connectivity index (χ0v) is 7.98. The largest absolute Gasteiger partial charge is 0.496 e. The van der Waals surface area contributed by atoms with Gasteiger partial charge in [-0.1, -0.05) is 0 Å². The number of nitro groups is 1. The van der Waals surface area contributed by atoms with E-state index in [1.807, 2.05) is 0 Å². The molecule has 0 heterocycles. The fourth-order valence-electron chi connectivity index (χ4n) is 1.25. The second-order valence-electron chi connectivity index (χ2n) is 2.87. The Morgan fingerprint density at radius 2 is 2.21 bits per heavy atom. The molecule has 0 aliphatic heterocycles. The molecule has 0 saturated carbocycles. The summed E-state index contributed by atoms with van der Waals surface area (Å²) in [7, 11) is 1.41. The molecular weight excluding hydrogens is 186 g/mol.